The van der Waals surface area contributed by atoms with E-state index in [9.17, 15) is 9.18 Å². The van der Waals surface area contributed by atoms with Gasteiger partial charge in [0, 0.05) is 32.4 Å². The lowest BCUT2D eigenvalue weighted by molar-refractivity contribution is 0.0957. The Morgan fingerprint density at radius 3 is 2.59 bits per heavy atom. The van der Waals surface area contributed by atoms with Crippen molar-refractivity contribution in [2.75, 3.05) is 55.5 Å². The lowest BCUT2D eigenvalue weighted by atomic mass is 10.0. The van der Waals surface area contributed by atoms with Gasteiger partial charge in [0.15, 0.2) is 11.6 Å². The molecule has 2 aliphatic rings. The van der Waals surface area contributed by atoms with E-state index < -0.39 is 11.7 Å². The van der Waals surface area contributed by atoms with Crippen LogP contribution in [0.2, 0.25) is 0 Å². The van der Waals surface area contributed by atoms with E-state index in [2.05, 4.69) is 65.8 Å². The van der Waals surface area contributed by atoms with Crippen LogP contribution in [0.25, 0.3) is 0 Å². The third kappa shape index (κ3) is 6.00. The molecular weight excluding hydrogens is 477 g/mol. The third-order valence-electron chi connectivity index (χ3n) is 6.06. The van der Waals surface area contributed by atoms with Gasteiger partial charge in [0.05, 0.1) is 37.3 Å². The second kappa shape index (κ2) is 11.3. The number of hydrogen-bond donors (Lipinski definition) is 4. The molecule has 1 fully saturated rings. The second-order valence-corrected chi connectivity index (χ2v) is 8.57. The quantitative estimate of drug-likeness (QED) is 0.281. The number of halogens is 1. The fraction of sp³-hybridized carbons (Fsp3) is 0.280. The molecule has 0 radical (unpaired) electrons. The molecule has 1 amide bonds. The molecule has 1 aromatic carbocycles. The van der Waals surface area contributed by atoms with Crippen LogP contribution in [-0.4, -0.2) is 65.8 Å². The molecule has 1 saturated heterocycles. The molecule has 2 aromatic heterocycles. The Labute approximate surface area is 213 Å². The van der Waals surface area contributed by atoms with Crippen LogP contribution in [0.1, 0.15) is 22.1 Å². The first-order valence-electron chi connectivity index (χ1n) is 11.9. The van der Waals surface area contributed by atoms with Crippen molar-refractivity contribution in [1.82, 2.24) is 30.8 Å². The van der Waals surface area contributed by atoms with Gasteiger partial charge in [-0.05, 0) is 29.8 Å². The number of pyridine rings is 1. The van der Waals surface area contributed by atoms with Crippen molar-refractivity contribution in [3.05, 3.63) is 78.0 Å². The summed E-state index contributed by atoms with van der Waals surface area (Å²) in [5, 5.41) is 5.37. The van der Waals surface area contributed by atoms with Crippen molar-refractivity contribution in [1.29, 1.82) is 0 Å². The van der Waals surface area contributed by atoms with Gasteiger partial charge in [-0.2, -0.15) is 4.98 Å². The van der Waals surface area contributed by atoms with Crippen LogP contribution in [0.5, 0.6) is 0 Å². The lowest BCUT2D eigenvalue weighted by Crippen LogP contribution is -2.39. The van der Waals surface area contributed by atoms with Crippen molar-refractivity contribution in [3.8, 4) is 0 Å². The van der Waals surface area contributed by atoms with Crippen molar-refractivity contribution in [2.45, 2.75) is 6.04 Å². The Hall–Kier alpha value is -4.13. The Balaban J connectivity index is 1.16. The Bertz CT molecular complexity index is 1250. The highest BCUT2D eigenvalue weighted by Gasteiger charge is 2.19. The zero-order valence-corrected chi connectivity index (χ0v) is 20.3. The molecule has 4 N–H and O–H groups in total. The predicted octanol–water partition coefficient (Wildman–Crippen LogP) is 2.40. The first kappa shape index (κ1) is 24.6. The molecule has 5 rings (SSSR count). The number of carbonyl (C=O) groups is 1. The van der Waals surface area contributed by atoms with E-state index >= 15 is 0 Å². The summed E-state index contributed by atoms with van der Waals surface area (Å²) in [5.74, 6) is -0.775. The first-order valence-corrected chi connectivity index (χ1v) is 11.9. The fourth-order valence-corrected chi connectivity index (χ4v) is 4.08. The summed E-state index contributed by atoms with van der Waals surface area (Å²) in [5.41, 5.74) is 11.4. The van der Waals surface area contributed by atoms with Crippen molar-refractivity contribution in [2.24, 2.45) is 0 Å². The number of nitrogens with one attached hydrogen (secondary N) is 4. The summed E-state index contributed by atoms with van der Waals surface area (Å²) in [4.78, 5) is 26.6. The minimum Gasteiger partial charge on any atom is -0.378 e. The van der Waals surface area contributed by atoms with E-state index in [1.165, 1.54) is 5.56 Å². The van der Waals surface area contributed by atoms with E-state index in [0.717, 1.165) is 24.1 Å². The maximum absolute atomic E-state index is 14.2. The number of benzene rings is 1. The number of ether oxygens (including phenoxy) is 1. The van der Waals surface area contributed by atoms with Gasteiger partial charge in [0.2, 0.25) is 5.95 Å². The number of anilines is 4. The zero-order valence-electron chi connectivity index (χ0n) is 20.3. The highest BCUT2D eigenvalue weighted by Crippen LogP contribution is 2.24. The van der Waals surface area contributed by atoms with E-state index in [1.807, 2.05) is 19.2 Å². The summed E-state index contributed by atoms with van der Waals surface area (Å²) in [6.45, 7) is 2.89. The number of carbonyl (C=O) groups excluding carboxylic acids is 1. The summed E-state index contributed by atoms with van der Waals surface area (Å²) in [6.07, 6.45) is 6.94. The van der Waals surface area contributed by atoms with Crippen LogP contribution < -0.4 is 26.5 Å². The molecule has 192 valence electrons. The van der Waals surface area contributed by atoms with Gasteiger partial charge in [-0.3, -0.25) is 21.1 Å². The monoisotopic (exact) mass is 505 g/mol. The van der Waals surface area contributed by atoms with Gasteiger partial charge in [0.25, 0.3) is 5.91 Å². The van der Waals surface area contributed by atoms with E-state index in [1.54, 1.807) is 23.2 Å². The Morgan fingerprint density at radius 2 is 1.86 bits per heavy atom. The van der Waals surface area contributed by atoms with Crippen molar-refractivity contribution >= 4 is 29.0 Å². The molecule has 0 saturated carbocycles. The van der Waals surface area contributed by atoms with Gasteiger partial charge in [-0.1, -0.05) is 24.3 Å². The minimum atomic E-state index is -0.534. The predicted molar refractivity (Wildman–Crippen MR) is 138 cm³/mol. The highest BCUT2D eigenvalue weighted by atomic mass is 19.1. The SMILES string of the molecule is CN1NCC=CC1c1ccc(Nc2ccc(C(=O)NNc3ncc(F)c(N4CCOCC4)n3)nc2)cc1. The van der Waals surface area contributed by atoms with Crippen molar-refractivity contribution in [3.63, 3.8) is 0 Å². The smallest absolute Gasteiger partial charge is 0.288 e. The molecule has 2 aliphatic heterocycles. The molecule has 37 heavy (non-hydrogen) atoms. The van der Waals surface area contributed by atoms with Crippen LogP contribution in [0, 0.1) is 5.82 Å². The van der Waals surface area contributed by atoms with Crippen LogP contribution in [0.3, 0.4) is 0 Å². The molecule has 4 heterocycles. The highest BCUT2D eigenvalue weighted by molar-refractivity contribution is 5.93. The maximum Gasteiger partial charge on any atom is 0.288 e. The number of rotatable bonds is 7. The molecule has 11 nitrogen and oxygen atoms in total. The summed E-state index contributed by atoms with van der Waals surface area (Å²) in [7, 11) is 2.02. The van der Waals surface area contributed by atoms with Crippen molar-refractivity contribution < 1.29 is 13.9 Å². The van der Waals surface area contributed by atoms with Gasteiger partial charge in [0.1, 0.15) is 5.69 Å². The Morgan fingerprint density at radius 1 is 1.08 bits per heavy atom. The normalized spacial score (nSPS) is 17.9. The number of aromatic nitrogens is 3. The number of nitrogens with zero attached hydrogens (tertiary/aromatic N) is 5. The zero-order chi connectivity index (χ0) is 25.6. The number of likely N-dealkylation sites (N-methyl/N-ethyl adjacent to an activating group) is 1. The summed E-state index contributed by atoms with van der Waals surface area (Å²) in [6, 6.07) is 11.7. The molecule has 0 spiro atoms. The van der Waals surface area contributed by atoms with Gasteiger partial charge < -0.3 is 15.0 Å². The average molecular weight is 506 g/mol. The minimum absolute atomic E-state index is 0.0728. The molecule has 0 bridgehead atoms. The fourth-order valence-electron chi connectivity index (χ4n) is 4.08. The second-order valence-electron chi connectivity index (χ2n) is 8.57. The first-order chi connectivity index (χ1) is 18.1. The largest absolute Gasteiger partial charge is 0.378 e. The average Bonchev–Trinajstić information content (AvgIpc) is 2.94. The third-order valence-corrected chi connectivity index (χ3v) is 6.06. The van der Waals surface area contributed by atoms with Gasteiger partial charge in [-0.15, -0.1) is 0 Å². The standard InChI is InChI=1S/C25H28FN9O2/c1-34-22(3-2-10-29-34)17-4-6-18(7-5-17)30-19-8-9-21(27-15-19)24(36)32-33-25-28-16-20(26)23(31-25)35-11-13-37-14-12-35/h2-9,15-16,22,29-30H,10-14H2,1H3,(H,32,36)(H,28,31,33). The molecular formula is C25H28FN9O2. The number of hydrogen-bond acceptors (Lipinski definition) is 10. The molecule has 1 atom stereocenters. The van der Waals surface area contributed by atoms with E-state index in [4.69, 9.17) is 4.74 Å². The van der Waals surface area contributed by atoms with Gasteiger partial charge in [-0.25, -0.2) is 19.4 Å². The number of amides is 1. The molecule has 1 unspecified atom stereocenters. The van der Waals surface area contributed by atoms with Gasteiger partial charge >= 0.3 is 0 Å². The van der Waals surface area contributed by atoms with Crippen LogP contribution >= 0.6 is 0 Å². The van der Waals surface area contributed by atoms with E-state index in [0.29, 0.717) is 26.3 Å². The lowest BCUT2D eigenvalue weighted by Gasteiger charge is -2.29. The number of morpholine rings is 1. The molecule has 3 aromatic rings. The Kier molecular flexibility index (Phi) is 7.49. The molecule has 0 aliphatic carbocycles. The van der Waals surface area contributed by atoms with Crippen LogP contribution in [0.4, 0.5) is 27.5 Å². The van der Waals surface area contributed by atoms with E-state index in [-0.39, 0.29) is 23.5 Å². The molecule has 12 heteroatoms. The summed E-state index contributed by atoms with van der Waals surface area (Å²) >= 11 is 0. The summed E-state index contributed by atoms with van der Waals surface area (Å²) < 4.78 is 19.5. The number of hydrazine groups is 2. The van der Waals surface area contributed by atoms with Crippen LogP contribution in [0.15, 0.2) is 60.9 Å². The topological polar surface area (TPSA) is 120 Å². The van der Waals surface area contributed by atoms with Crippen LogP contribution in [-0.2, 0) is 4.74 Å². The maximum atomic E-state index is 14.2.